The van der Waals surface area contributed by atoms with Gasteiger partial charge in [-0.05, 0) is 44.4 Å². The molecule has 0 radical (unpaired) electrons. The lowest BCUT2D eigenvalue weighted by atomic mass is 10.0. The molecular weight excluding hydrogens is 282 g/mol. The Kier molecular flexibility index (Phi) is 6.40. The van der Waals surface area contributed by atoms with Crippen molar-refractivity contribution in [2.24, 2.45) is 0 Å². The first-order valence-corrected chi connectivity index (χ1v) is 9.25. The van der Waals surface area contributed by atoms with Gasteiger partial charge in [0.2, 0.25) is 0 Å². The fraction of sp³-hybridized carbons (Fsp3) is 0.647. The molecule has 0 amide bonds. The molecule has 0 aromatic heterocycles. The molecule has 0 aliphatic carbocycles. The van der Waals surface area contributed by atoms with E-state index in [2.05, 4.69) is 44.3 Å². The number of ether oxygens (including phenoxy) is 1. The van der Waals surface area contributed by atoms with E-state index in [0.717, 1.165) is 32.6 Å². The van der Waals surface area contributed by atoms with E-state index in [-0.39, 0.29) is 6.04 Å². The van der Waals surface area contributed by atoms with Crippen molar-refractivity contribution in [1.82, 2.24) is 5.32 Å². The summed E-state index contributed by atoms with van der Waals surface area (Å²) < 4.78 is 18.0. The van der Waals surface area contributed by atoms with Gasteiger partial charge >= 0.3 is 0 Å². The fourth-order valence-electron chi connectivity index (χ4n) is 2.96. The Balaban J connectivity index is 2.09. The van der Waals surface area contributed by atoms with Gasteiger partial charge in [0.1, 0.15) is 0 Å². The minimum atomic E-state index is -0.795. The molecule has 2 atom stereocenters. The van der Waals surface area contributed by atoms with Gasteiger partial charge in [-0.1, -0.05) is 30.7 Å². The normalized spacial score (nSPS) is 19.4. The molecule has 0 saturated carbocycles. The third-order valence-corrected chi connectivity index (χ3v) is 6.00. The first kappa shape index (κ1) is 16.7. The molecule has 1 aromatic rings. The first-order chi connectivity index (χ1) is 10.1. The zero-order valence-electron chi connectivity index (χ0n) is 13.4. The Morgan fingerprint density at radius 1 is 1.33 bits per heavy atom. The lowest BCUT2D eigenvalue weighted by Crippen LogP contribution is -2.32. The van der Waals surface area contributed by atoms with Crippen molar-refractivity contribution < 1.29 is 8.95 Å². The van der Waals surface area contributed by atoms with E-state index in [1.165, 1.54) is 16.7 Å². The van der Waals surface area contributed by atoms with Crippen LogP contribution < -0.4 is 5.32 Å². The van der Waals surface area contributed by atoms with Crippen LogP contribution in [0.4, 0.5) is 0 Å². The van der Waals surface area contributed by atoms with Crippen molar-refractivity contribution in [1.29, 1.82) is 0 Å². The molecule has 2 rings (SSSR count). The maximum absolute atomic E-state index is 12.7. The second-order valence-corrected chi connectivity index (χ2v) is 7.59. The maximum Gasteiger partial charge on any atom is 0.0477 e. The molecule has 1 aromatic carbocycles. The summed E-state index contributed by atoms with van der Waals surface area (Å²) in [6.07, 6.45) is 1.86. The topological polar surface area (TPSA) is 38.3 Å². The highest BCUT2D eigenvalue weighted by Crippen LogP contribution is 2.23. The molecule has 4 heteroatoms. The molecule has 1 heterocycles. The number of nitrogens with one attached hydrogen (secondary N) is 1. The molecule has 3 nitrogen and oxygen atoms in total. The molecule has 1 aliphatic rings. The number of hydrogen-bond donors (Lipinski definition) is 1. The third kappa shape index (κ3) is 4.63. The Bertz CT molecular complexity index is 484. The third-order valence-electron chi connectivity index (χ3n) is 4.12. The quantitative estimate of drug-likeness (QED) is 0.878. The summed E-state index contributed by atoms with van der Waals surface area (Å²) in [5.74, 6) is 0.697. The molecular formula is C17H27NO2S. The average molecular weight is 309 g/mol. The van der Waals surface area contributed by atoms with Gasteiger partial charge in [0.05, 0.1) is 0 Å². The van der Waals surface area contributed by atoms with Crippen molar-refractivity contribution >= 4 is 10.8 Å². The van der Waals surface area contributed by atoms with Gasteiger partial charge in [0.25, 0.3) is 0 Å². The summed E-state index contributed by atoms with van der Waals surface area (Å²) in [6, 6.07) is 6.71. The van der Waals surface area contributed by atoms with Crippen molar-refractivity contribution in [2.75, 3.05) is 25.5 Å². The Hall–Kier alpha value is -0.710. The SMILES string of the molecule is CCNC(CS(=O)C1CCOCC1)c1ccc(C)cc1C. The summed E-state index contributed by atoms with van der Waals surface area (Å²) in [6.45, 7) is 8.76. The van der Waals surface area contributed by atoms with Crippen molar-refractivity contribution in [3.63, 3.8) is 0 Å². The predicted octanol–water partition coefficient (Wildman–Crippen LogP) is 2.88. The van der Waals surface area contributed by atoms with Gasteiger partial charge < -0.3 is 10.1 Å². The van der Waals surface area contributed by atoms with E-state index in [0.29, 0.717) is 11.0 Å². The van der Waals surface area contributed by atoms with E-state index in [9.17, 15) is 4.21 Å². The Morgan fingerprint density at radius 2 is 2.05 bits per heavy atom. The Labute approximate surface area is 130 Å². The highest BCUT2D eigenvalue weighted by molar-refractivity contribution is 7.85. The van der Waals surface area contributed by atoms with Gasteiger partial charge in [0, 0.05) is 41.1 Å². The van der Waals surface area contributed by atoms with E-state index < -0.39 is 10.8 Å². The minimum absolute atomic E-state index is 0.180. The molecule has 0 spiro atoms. The van der Waals surface area contributed by atoms with Crippen LogP contribution in [0.3, 0.4) is 0 Å². The maximum atomic E-state index is 12.7. The van der Waals surface area contributed by atoms with Crippen molar-refractivity contribution in [3.05, 3.63) is 34.9 Å². The van der Waals surface area contributed by atoms with E-state index in [1.807, 2.05) is 0 Å². The van der Waals surface area contributed by atoms with E-state index >= 15 is 0 Å². The zero-order valence-corrected chi connectivity index (χ0v) is 14.2. The lowest BCUT2D eigenvalue weighted by molar-refractivity contribution is 0.0992. The molecule has 1 fully saturated rings. The van der Waals surface area contributed by atoms with Crippen LogP contribution in [0.25, 0.3) is 0 Å². The van der Waals surface area contributed by atoms with Crippen LogP contribution in [-0.4, -0.2) is 35.0 Å². The molecule has 118 valence electrons. The van der Waals surface area contributed by atoms with Crippen molar-refractivity contribution in [3.8, 4) is 0 Å². The van der Waals surface area contributed by atoms with Crippen LogP contribution in [0, 0.1) is 13.8 Å². The van der Waals surface area contributed by atoms with Gasteiger partial charge in [-0.25, -0.2) is 0 Å². The van der Waals surface area contributed by atoms with Crippen LogP contribution in [0.15, 0.2) is 18.2 Å². The van der Waals surface area contributed by atoms with Gasteiger partial charge in [-0.2, -0.15) is 0 Å². The largest absolute Gasteiger partial charge is 0.381 e. The monoisotopic (exact) mass is 309 g/mol. The number of aryl methyl sites for hydroxylation is 2. The van der Waals surface area contributed by atoms with Gasteiger partial charge in [0.15, 0.2) is 0 Å². The highest BCUT2D eigenvalue weighted by Gasteiger charge is 2.24. The smallest absolute Gasteiger partial charge is 0.0477 e. The summed E-state index contributed by atoms with van der Waals surface area (Å²) in [4.78, 5) is 0. The van der Waals surface area contributed by atoms with E-state index in [4.69, 9.17) is 4.74 Å². The second kappa shape index (κ2) is 8.06. The fourth-order valence-corrected chi connectivity index (χ4v) is 4.58. The molecule has 2 unspecified atom stereocenters. The number of rotatable bonds is 6. The second-order valence-electron chi connectivity index (χ2n) is 5.83. The van der Waals surface area contributed by atoms with Gasteiger partial charge in [-0.15, -0.1) is 0 Å². The molecule has 1 saturated heterocycles. The molecule has 0 bridgehead atoms. The highest BCUT2D eigenvalue weighted by atomic mass is 32.2. The summed E-state index contributed by atoms with van der Waals surface area (Å²) >= 11 is 0. The van der Waals surface area contributed by atoms with Crippen molar-refractivity contribution in [2.45, 2.75) is 44.9 Å². The standard InChI is InChI=1S/C17H27NO2S/c1-4-18-17(16-6-5-13(2)11-14(16)3)12-21(19)15-7-9-20-10-8-15/h5-6,11,15,17-18H,4,7-10,12H2,1-3H3. The molecule has 1 aliphatic heterocycles. The predicted molar refractivity (Wildman–Crippen MR) is 89.2 cm³/mol. The molecule has 21 heavy (non-hydrogen) atoms. The summed E-state index contributed by atoms with van der Waals surface area (Å²) in [5, 5.41) is 3.80. The minimum Gasteiger partial charge on any atom is -0.381 e. The van der Waals surface area contributed by atoms with Crippen LogP contribution in [0.2, 0.25) is 0 Å². The first-order valence-electron chi connectivity index (χ1n) is 7.87. The van der Waals surface area contributed by atoms with Crippen LogP contribution in [0.1, 0.15) is 42.5 Å². The van der Waals surface area contributed by atoms with Crippen LogP contribution in [-0.2, 0) is 15.5 Å². The summed E-state index contributed by atoms with van der Waals surface area (Å²) in [5.41, 5.74) is 3.84. The van der Waals surface area contributed by atoms with Gasteiger partial charge in [-0.3, -0.25) is 4.21 Å². The molecule has 1 N–H and O–H groups in total. The number of hydrogen-bond acceptors (Lipinski definition) is 3. The number of benzene rings is 1. The lowest BCUT2D eigenvalue weighted by Gasteiger charge is -2.25. The zero-order chi connectivity index (χ0) is 15.2. The summed E-state index contributed by atoms with van der Waals surface area (Å²) in [7, 11) is -0.795. The van der Waals surface area contributed by atoms with Crippen LogP contribution >= 0.6 is 0 Å². The average Bonchev–Trinajstić information content (AvgIpc) is 2.48. The van der Waals surface area contributed by atoms with E-state index in [1.54, 1.807) is 0 Å². The van der Waals surface area contributed by atoms with Crippen LogP contribution in [0.5, 0.6) is 0 Å². The Morgan fingerprint density at radius 3 is 2.67 bits per heavy atom.